The van der Waals surface area contributed by atoms with Gasteiger partial charge >= 0.3 is 0 Å². The summed E-state index contributed by atoms with van der Waals surface area (Å²) in [5, 5.41) is 7.47. The summed E-state index contributed by atoms with van der Waals surface area (Å²) in [7, 11) is 0. The molecule has 2 unspecified atom stereocenters. The van der Waals surface area contributed by atoms with Crippen LogP contribution in [0.5, 0.6) is 11.5 Å². The van der Waals surface area contributed by atoms with E-state index in [9.17, 15) is 0 Å². The molecular weight excluding hydrogens is 310 g/mol. The summed E-state index contributed by atoms with van der Waals surface area (Å²) in [6.45, 7) is 5.95. The largest absolute Gasteiger partial charge is 0.486 e. The Morgan fingerprint density at radius 2 is 2.08 bits per heavy atom. The summed E-state index contributed by atoms with van der Waals surface area (Å²) in [5.41, 5.74) is -0.383. The second kappa shape index (κ2) is 6.07. The van der Waals surface area contributed by atoms with Crippen molar-refractivity contribution in [3.05, 3.63) is 36.0 Å². The Bertz CT molecular complexity index is 715. The number of benzene rings is 1. The highest BCUT2D eigenvalue weighted by atomic mass is 16.6. The van der Waals surface area contributed by atoms with Crippen LogP contribution in [0.1, 0.15) is 31.6 Å². The first-order valence-corrected chi connectivity index (χ1v) is 8.20. The van der Waals surface area contributed by atoms with Crippen molar-refractivity contribution in [1.82, 2.24) is 15.5 Å². The van der Waals surface area contributed by atoms with Crippen molar-refractivity contribution in [3.8, 4) is 11.5 Å². The number of rotatable bonds is 3. The molecule has 24 heavy (non-hydrogen) atoms. The lowest BCUT2D eigenvalue weighted by molar-refractivity contribution is -0.0793. The first-order chi connectivity index (χ1) is 11.6. The lowest BCUT2D eigenvalue weighted by atomic mass is 9.97. The zero-order chi connectivity index (χ0) is 16.6. The summed E-state index contributed by atoms with van der Waals surface area (Å²) in [5.74, 6) is 2.68. The summed E-state index contributed by atoms with van der Waals surface area (Å²) >= 11 is 0. The average molecular weight is 331 g/mol. The van der Waals surface area contributed by atoms with Gasteiger partial charge in [0, 0.05) is 6.54 Å². The van der Waals surface area contributed by atoms with Crippen molar-refractivity contribution < 1.29 is 18.7 Å². The molecule has 3 heterocycles. The van der Waals surface area contributed by atoms with Gasteiger partial charge in [0.2, 0.25) is 5.89 Å². The Labute approximate surface area is 140 Å². The first kappa shape index (κ1) is 15.4. The summed E-state index contributed by atoms with van der Waals surface area (Å²) < 4.78 is 22.9. The average Bonchev–Trinajstić information content (AvgIpc) is 3.02. The van der Waals surface area contributed by atoms with Crippen molar-refractivity contribution in [3.63, 3.8) is 0 Å². The lowest BCUT2D eigenvalue weighted by Gasteiger charge is -2.36. The highest BCUT2D eigenvalue weighted by molar-refractivity contribution is 5.40. The highest BCUT2D eigenvalue weighted by Crippen LogP contribution is 2.32. The number of ether oxygens (including phenoxy) is 3. The molecule has 0 saturated carbocycles. The molecule has 1 fully saturated rings. The van der Waals surface area contributed by atoms with Crippen LogP contribution < -0.4 is 14.8 Å². The third-order valence-electron chi connectivity index (χ3n) is 4.33. The maximum atomic E-state index is 5.94. The second-order valence-corrected chi connectivity index (χ2v) is 6.59. The van der Waals surface area contributed by atoms with Crippen molar-refractivity contribution in [2.75, 3.05) is 19.8 Å². The number of hydrogen-bond donors (Lipinski definition) is 1. The molecule has 1 aromatic carbocycles. The molecule has 0 radical (unpaired) electrons. The van der Waals surface area contributed by atoms with Gasteiger partial charge in [0.05, 0.1) is 18.6 Å². The second-order valence-electron chi connectivity index (χ2n) is 6.59. The summed E-state index contributed by atoms with van der Waals surface area (Å²) in [4.78, 5) is 4.52. The summed E-state index contributed by atoms with van der Waals surface area (Å²) in [6.07, 6.45) is 0.403. The molecule has 1 saturated heterocycles. The van der Waals surface area contributed by atoms with Gasteiger partial charge in [-0.25, -0.2) is 0 Å². The zero-order valence-corrected chi connectivity index (χ0v) is 13.8. The molecule has 7 nitrogen and oxygen atoms in total. The molecule has 128 valence electrons. The number of nitrogens with one attached hydrogen (secondary N) is 1. The van der Waals surface area contributed by atoms with Gasteiger partial charge in [0.25, 0.3) is 0 Å². The van der Waals surface area contributed by atoms with Gasteiger partial charge in [-0.2, -0.15) is 4.98 Å². The number of para-hydroxylation sites is 2. The van der Waals surface area contributed by atoms with Crippen molar-refractivity contribution in [2.24, 2.45) is 0 Å². The molecule has 7 heteroatoms. The monoisotopic (exact) mass is 331 g/mol. The van der Waals surface area contributed by atoms with Crippen LogP contribution in [0.2, 0.25) is 0 Å². The molecule has 4 rings (SSSR count). The molecule has 0 spiro atoms. The van der Waals surface area contributed by atoms with E-state index in [-0.39, 0.29) is 17.7 Å². The van der Waals surface area contributed by atoms with E-state index in [1.165, 1.54) is 0 Å². The van der Waals surface area contributed by atoms with Crippen LogP contribution in [0, 0.1) is 0 Å². The van der Waals surface area contributed by atoms with Crippen LogP contribution in [0.4, 0.5) is 0 Å². The molecular formula is C17H21N3O4. The number of fused-ring (bicyclic) bond motifs is 1. The van der Waals surface area contributed by atoms with Gasteiger partial charge in [-0.3, -0.25) is 0 Å². The third kappa shape index (κ3) is 2.97. The number of hydrogen-bond acceptors (Lipinski definition) is 7. The normalized spacial score (nSPS) is 25.4. The molecule has 2 aliphatic rings. The maximum Gasteiger partial charge on any atom is 0.246 e. The predicted octanol–water partition coefficient (Wildman–Crippen LogP) is 1.89. The van der Waals surface area contributed by atoms with Crippen LogP contribution in [0.3, 0.4) is 0 Å². The van der Waals surface area contributed by atoms with E-state index in [2.05, 4.69) is 15.5 Å². The highest BCUT2D eigenvalue weighted by Gasteiger charge is 2.38. The minimum absolute atomic E-state index is 0.114. The molecule has 1 aromatic heterocycles. The Morgan fingerprint density at radius 3 is 2.92 bits per heavy atom. The van der Waals surface area contributed by atoms with E-state index >= 15 is 0 Å². The van der Waals surface area contributed by atoms with E-state index in [1.807, 2.05) is 38.1 Å². The standard InChI is InChI=1S/C17H21N3O4/c1-17(2)15(18-7-8-22-17)16-19-14(20-24-16)9-11-10-21-12-5-3-4-6-13(12)23-11/h3-6,11,15,18H,7-10H2,1-2H3. The fraction of sp³-hybridized carbons (Fsp3) is 0.529. The molecule has 0 amide bonds. The fourth-order valence-corrected chi connectivity index (χ4v) is 3.07. The Balaban J connectivity index is 1.44. The van der Waals surface area contributed by atoms with Crippen LogP contribution in [-0.4, -0.2) is 41.6 Å². The van der Waals surface area contributed by atoms with Crippen molar-refractivity contribution in [1.29, 1.82) is 0 Å². The number of morpholine rings is 1. The number of aromatic nitrogens is 2. The van der Waals surface area contributed by atoms with Crippen LogP contribution in [0.15, 0.2) is 28.8 Å². The van der Waals surface area contributed by atoms with Crippen molar-refractivity contribution in [2.45, 2.75) is 38.0 Å². The minimum Gasteiger partial charge on any atom is -0.486 e. The maximum absolute atomic E-state index is 5.94. The van der Waals surface area contributed by atoms with E-state index < -0.39 is 0 Å². The van der Waals surface area contributed by atoms with Gasteiger partial charge in [0.15, 0.2) is 17.3 Å². The lowest BCUT2D eigenvalue weighted by Crippen LogP contribution is -2.48. The smallest absolute Gasteiger partial charge is 0.246 e. The van der Waals surface area contributed by atoms with Gasteiger partial charge in [-0.1, -0.05) is 17.3 Å². The van der Waals surface area contributed by atoms with E-state index in [1.54, 1.807) is 0 Å². The first-order valence-electron chi connectivity index (χ1n) is 8.20. The molecule has 2 aromatic rings. The molecule has 1 N–H and O–H groups in total. The number of nitrogens with zero attached hydrogens (tertiary/aromatic N) is 2. The van der Waals surface area contributed by atoms with Gasteiger partial charge in [-0.15, -0.1) is 0 Å². The molecule has 0 bridgehead atoms. The molecule has 2 atom stereocenters. The topological polar surface area (TPSA) is 78.6 Å². The Kier molecular flexibility index (Phi) is 3.90. The van der Waals surface area contributed by atoms with Gasteiger partial charge < -0.3 is 24.1 Å². The third-order valence-corrected chi connectivity index (χ3v) is 4.33. The van der Waals surface area contributed by atoms with E-state index in [4.69, 9.17) is 18.7 Å². The SMILES string of the molecule is CC1(C)OCCNC1c1nc(CC2COc3ccccc3O2)no1. The molecule has 0 aliphatic carbocycles. The van der Waals surface area contributed by atoms with Crippen molar-refractivity contribution >= 4 is 0 Å². The van der Waals surface area contributed by atoms with Crippen LogP contribution >= 0.6 is 0 Å². The van der Waals surface area contributed by atoms with E-state index in [0.29, 0.717) is 31.3 Å². The fourth-order valence-electron chi connectivity index (χ4n) is 3.07. The molecule has 2 aliphatic heterocycles. The minimum atomic E-state index is -0.383. The Hall–Kier alpha value is -2.12. The zero-order valence-electron chi connectivity index (χ0n) is 13.8. The quantitative estimate of drug-likeness (QED) is 0.920. The van der Waals surface area contributed by atoms with Crippen LogP contribution in [0.25, 0.3) is 0 Å². The Morgan fingerprint density at radius 1 is 1.25 bits per heavy atom. The van der Waals surface area contributed by atoms with Gasteiger partial charge in [0.1, 0.15) is 18.8 Å². The summed E-state index contributed by atoms with van der Waals surface area (Å²) in [6, 6.07) is 7.53. The van der Waals surface area contributed by atoms with Gasteiger partial charge in [-0.05, 0) is 26.0 Å². The van der Waals surface area contributed by atoms with E-state index in [0.717, 1.165) is 18.0 Å². The van der Waals surface area contributed by atoms with Crippen LogP contribution in [-0.2, 0) is 11.2 Å². The predicted molar refractivity (Wildman–Crippen MR) is 85.1 cm³/mol.